The maximum absolute atomic E-state index is 12.1. The highest BCUT2D eigenvalue weighted by Gasteiger charge is 2.15. The van der Waals surface area contributed by atoms with Gasteiger partial charge in [-0.05, 0) is 42.6 Å². The van der Waals surface area contributed by atoms with Crippen molar-refractivity contribution < 1.29 is 14.3 Å². The number of anilines is 1. The van der Waals surface area contributed by atoms with Gasteiger partial charge in [-0.3, -0.25) is 10.2 Å². The van der Waals surface area contributed by atoms with Crippen molar-refractivity contribution in [2.24, 2.45) is 0 Å². The maximum atomic E-state index is 12.1. The average Bonchev–Trinajstić information content (AvgIpc) is 2.73. The number of hydrazine groups is 1. The monoisotopic (exact) mass is 374 g/mol. The Morgan fingerprint density at radius 2 is 1.68 bits per heavy atom. The number of carbonyl (C=O) groups is 2. The molecule has 140 valence electrons. The molecule has 0 aliphatic rings. The van der Waals surface area contributed by atoms with Crippen LogP contribution < -0.4 is 20.9 Å². The van der Waals surface area contributed by atoms with Crippen LogP contribution in [0.25, 0.3) is 10.8 Å². The molecule has 0 fully saturated rings. The van der Waals surface area contributed by atoms with Crippen molar-refractivity contribution in [3.63, 3.8) is 0 Å². The molecular formula is C21H18N4O3. The molecule has 0 saturated heterocycles. The van der Waals surface area contributed by atoms with Crippen LogP contribution in [0.15, 0.2) is 66.7 Å². The van der Waals surface area contributed by atoms with Crippen LogP contribution in [0.2, 0.25) is 0 Å². The van der Waals surface area contributed by atoms with Crippen LogP contribution in [-0.4, -0.2) is 18.0 Å². The van der Waals surface area contributed by atoms with Crippen LogP contribution in [-0.2, 0) is 4.79 Å². The molecule has 3 rings (SSSR count). The van der Waals surface area contributed by atoms with Gasteiger partial charge in [0.2, 0.25) is 0 Å². The van der Waals surface area contributed by atoms with E-state index in [9.17, 15) is 9.59 Å². The van der Waals surface area contributed by atoms with E-state index in [1.807, 2.05) is 42.5 Å². The lowest BCUT2D eigenvalue weighted by Crippen LogP contribution is -2.48. The van der Waals surface area contributed by atoms with Gasteiger partial charge < -0.3 is 10.1 Å². The summed E-state index contributed by atoms with van der Waals surface area (Å²) < 4.78 is 5.49. The van der Waals surface area contributed by atoms with Gasteiger partial charge in [0.15, 0.2) is 6.10 Å². The number of amides is 3. The smallest absolute Gasteiger partial charge is 0.337 e. The lowest BCUT2D eigenvalue weighted by molar-refractivity contribution is -0.127. The Hall–Kier alpha value is -4.05. The van der Waals surface area contributed by atoms with Crippen LogP contribution in [0.3, 0.4) is 0 Å². The van der Waals surface area contributed by atoms with Crippen molar-refractivity contribution in [1.29, 1.82) is 5.26 Å². The molecule has 3 aromatic rings. The van der Waals surface area contributed by atoms with E-state index in [1.165, 1.54) is 0 Å². The molecule has 3 N–H and O–H groups in total. The SMILES string of the molecule is C[C@H](Oc1ccc(C#N)cc1)C(=O)NNC(=O)Nc1cccc2ccccc12. The molecule has 0 bridgehead atoms. The van der Waals surface area contributed by atoms with Gasteiger partial charge in [0.1, 0.15) is 5.75 Å². The number of rotatable bonds is 4. The predicted molar refractivity (Wildman–Crippen MR) is 105 cm³/mol. The van der Waals surface area contributed by atoms with E-state index in [1.54, 1.807) is 37.3 Å². The van der Waals surface area contributed by atoms with E-state index in [2.05, 4.69) is 16.2 Å². The maximum Gasteiger partial charge on any atom is 0.337 e. The van der Waals surface area contributed by atoms with E-state index < -0.39 is 18.0 Å². The third kappa shape index (κ3) is 4.56. The van der Waals surface area contributed by atoms with Gasteiger partial charge in [0, 0.05) is 5.39 Å². The summed E-state index contributed by atoms with van der Waals surface area (Å²) in [5.74, 6) is -0.0701. The van der Waals surface area contributed by atoms with Crippen LogP contribution in [0, 0.1) is 11.3 Å². The summed E-state index contributed by atoms with van der Waals surface area (Å²) in [6, 6.07) is 21.0. The molecule has 0 aliphatic carbocycles. The standard InChI is InChI=1S/C21H18N4O3/c1-14(28-17-11-9-15(13-22)10-12-17)20(26)24-25-21(27)23-19-8-4-6-16-5-2-3-7-18(16)19/h2-12,14H,1H3,(H,24,26)(H2,23,25,27)/t14-/m0/s1. The first kappa shape index (κ1) is 18.7. The molecular weight excluding hydrogens is 356 g/mol. The fourth-order valence-corrected chi connectivity index (χ4v) is 2.57. The van der Waals surface area contributed by atoms with Gasteiger partial charge >= 0.3 is 6.03 Å². The van der Waals surface area contributed by atoms with Crippen LogP contribution in [0.4, 0.5) is 10.5 Å². The third-order valence-corrected chi connectivity index (χ3v) is 4.00. The van der Waals surface area contributed by atoms with Gasteiger partial charge in [-0.15, -0.1) is 0 Å². The second kappa shape index (κ2) is 8.56. The van der Waals surface area contributed by atoms with E-state index in [-0.39, 0.29) is 0 Å². The Morgan fingerprint density at radius 1 is 0.964 bits per heavy atom. The zero-order chi connectivity index (χ0) is 19.9. The Labute approximate surface area is 161 Å². The quantitative estimate of drug-likeness (QED) is 0.609. The number of fused-ring (bicyclic) bond motifs is 1. The summed E-state index contributed by atoms with van der Waals surface area (Å²) in [4.78, 5) is 24.2. The van der Waals surface area contributed by atoms with Gasteiger partial charge in [-0.1, -0.05) is 36.4 Å². The minimum Gasteiger partial charge on any atom is -0.481 e. The molecule has 0 saturated carbocycles. The fourth-order valence-electron chi connectivity index (χ4n) is 2.57. The van der Waals surface area contributed by atoms with Gasteiger partial charge in [-0.25, -0.2) is 10.2 Å². The van der Waals surface area contributed by atoms with E-state index in [4.69, 9.17) is 10.00 Å². The zero-order valence-electron chi connectivity index (χ0n) is 15.1. The lowest BCUT2D eigenvalue weighted by Gasteiger charge is -2.15. The van der Waals surface area contributed by atoms with Crippen LogP contribution in [0.1, 0.15) is 12.5 Å². The Morgan fingerprint density at radius 3 is 2.43 bits per heavy atom. The molecule has 0 spiro atoms. The second-order valence-corrected chi connectivity index (χ2v) is 5.99. The Bertz CT molecular complexity index is 1040. The largest absolute Gasteiger partial charge is 0.481 e. The first-order valence-electron chi connectivity index (χ1n) is 8.58. The summed E-state index contributed by atoms with van der Waals surface area (Å²) >= 11 is 0. The number of hydrogen-bond acceptors (Lipinski definition) is 4. The third-order valence-electron chi connectivity index (χ3n) is 4.00. The van der Waals surface area contributed by atoms with Crippen molar-refractivity contribution in [2.75, 3.05) is 5.32 Å². The summed E-state index contributed by atoms with van der Waals surface area (Å²) in [5.41, 5.74) is 5.75. The molecule has 7 heteroatoms. The summed E-state index contributed by atoms with van der Waals surface area (Å²) in [6.07, 6.45) is -0.842. The zero-order valence-corrected chi connectivity index (χ0v) is 15.1. The number of ether oxygens (including phenoxy) is 1. The minimum atomic E-state index is -0.842. The highest BCUT2D eigenvalue weighted by Crippen LogP contribution is 2.22. The number of hydrogen-bond donors (Lipinski definition) is 3. The molecule has 0 heterocycles. The van der Waals surface area contributed by atoms with Crippen molar-refractivity contribution in [3.05, 3.63) is 72.3 Å². The van der Waals surface area contributed by atoms with Gasteiger partial charge in [0.05, 0.1) is 17.3 Å². The van der Waals surface area contributed by atoms with Crippen molar-refractivity contribution in [1.82, 2.24) is 10.9 Å². The Balaban J connectivity index is 1.53. The molecule has 0 unspecified atom stereocenters. The number of benzene rings is 3. The summed E-state index contributed by atoms with van der Waals surface area (Å²) in [6.45, 7) is 1.55. The van der Waals surface area contributed by atoms with E-state index in [0.29, 0.717) is 17.0 Å². The highest BCUT2D eigenvalue weighted by atomic mass is 16.5. The van der Waals surface area contributed by atoms with Crippen LogP contribution in [0.5, 0.6) is 5.75 Å². The molecule has 0 aromatic heterocycles. The van der Waals surface area contributed by atoms with Crippen molar-refractivity contribution in [2.45, 2.75) is 13.0 Å². The van der Waals surface area contributed by atoms with Gasteiger partial charge in [0.25, 0.3) is 5.91 Å². The Kier molecular flexibility index (Phi) is 5.72. The van der Waals surface area contributed by atoms with Crippen molar-refractivity contribution in [3.8, 4) is 11.8 Å². The average molecular weight is 374 g/mol. The topological polar surface area (TPSA) is 103 Å². The number of nitriles is 1. The molecule has 7 nitrogen and oxygen atoms in total. The lowest BCUT2D eigenvalue weighted by atomic mass is 10.1. The minimum absolute atomic E-state index is 0.446. The highest BCUT2D eigenvalue weighted by molar-refractivity contribution is 6.01. The number of nitrogens with one attached hydrogen (secondary N) is 3. The van der Waals surface area contributed by atoms with E-state index in [0.717, 1.165) is 10.8 Å². The molecule has 0 radical (unpaired) electrons. The fraction of sp³-hybridized carbons (Fsp3) is 0.0952. The number of nitrogens with zero attached hydrogens (tertiary/aromatic N) is 1. The first-order chi connectivity index (χ1) is 13.6. The summed E-state index contributed by atoms with van der Waals surface area (Å²) in [5, 5.41) is 13.4. The predicted octanol–water partition coefficient (Wildman–Crippen LogP) is 3.33. The molecule has 3 amide bonds. The number of carbonyl (C=O) groups excluding carboxylic acids is 2. The molecule has 28 heavy (non-hydrogen) atoms. The second-order valence-electron chi connectivity index (χ2n) is 5.99. The number of urea groups is 1. The van der Waals surface area contributed by atoms with Gasteiger partial charge in [-0.2, -0.15) is 5.26 Å². The molecule has 3 aromatic carbocycles. The van der Waals surface area contributed by atoms with E-state index >= 15 is 0 Å². The van der Waals surface area contributed by atoms with Crippen LogP contribution >= 0.6 is 0 Å². The van der Waals surface area contributed by atoms with Crippen molar-refractivity contribution >= 4 is 28.4 Å². The normalized spacial score (nSPS) is 11.1. The first-order valence-corrected chi connectivity index (χ1v) is 8.58. The molecule has 0 aliphatic heterocycles. The summed E-state index contributed by atoms with van der Waals surface area (Å²) in [7, 11) is 0. The molecule has 1 atom stereocenters.